The van der Waals surface area contributed by atoms with E-state index in [-0.39, 0.29) is 16.4 Å². The maximum absolute atomic E-state index is 11.8. The van der Waals surface area contributed by atoms with Crippen molar-refractivity contribution in [2.75, 3.05) is 33.1 Å². The predicted octanol–water partition coefficient (Wildman–Crippen LogP) is 0.102. The number of nitrogens with zero attached hydrogens (tertiary/aromatic N) is 2. The van der Waals surface area contributed by atoms with Gasteiger partial charge in [0.25, 0.3) is 5.91 Å². The highest BCUT2D eigenvalue weighted by atomic mass is 32.2. The van der Waals surface area contributed by atoms with E-state index in [1.165, 1.54) is 11.0 Å². The highest BCUT2D eigenvalue weighted by molar-refractivity contribution is 7.89. The molecular weight excluding hydrogens is 254 g/mol. The molecule has 1 aromatic rings. The second-order valence-corrected chi connectivity index (χ2v) is 5.85. The molecule has 0 saturated carbocycles. The summed E-state index contributed by atoms with van der Waals surface area (Å²) in [5, 5.41) is 5.16. The summed E-state index contributed by atoms with van der Waals surface area (Å²) in [5.74, 6) is -0.273. The highest BCUT2D eigenvalue weighted by Gasteiger charge is 2.19. The summed E-state index contributed by atoms with van der Waals surface area (Å²) in [6.45, 7) is 0. The van der Waals surface area contributed by atoms with Crippen molar-refractivity contribution >= 4 is 21.6 Å². The fourth-order valence-electron chi connectivity index (χ4n) is 1.50. The normalized spacial score (nSPS) is 11.2. The molecule has 0 saturated heterocycles. The third-order valence-electron chi connectivity index (χ3n) is 2.40. The molecule has 0 atom stereocenters. The fraction of sp³-hybridized carbons (Fsp3) is 0.364. The molecule has 0 heterocycles. The van der Waals surface area contributed by atoms with Crippen LogP contribution in [-0.2, 0) is 10.0 Å². The van der Waals surface area contributed by atoms with Gasteiger partial charge in [-0.05, 0) is 18.2 Å². The van der Waals surface area contributed by atoms with Crippen LogP contribution in [0.4, 0.5) is 5.69 Å². The number of sulfonamides is 1. The molecule has 0 unspecified atom stereocenters. The van der Waals surface area contributed by atoms with Crippen molar-refractivity contribution in [3.8, 4) is 0 Å². The van der Waals surface area contributed by atoms with Crippen molar-refractivity contribution in [3.05, 3.63) is 23.8 Å². The number of hydrogen-bond acceptors (Lipinski definition) is 4. The van der Waals surface area contributed by atoms with Gasteiger partial charge in [-0.2, -0.15) is 0 Å². The van der Waals surface area contributed by atoms with E-state index >= 15 is 0 Å². The minimum absolute atomic E-state index is 0.0554. The van der Waals surface area contributed by atoms with Crippen LogP contribution in [-0.4, -0.2) is 47.4 Å². The quantitative estimate of drug-likeness (QED) is 0.845. The van der Waals surface area contributed by atoms with Crippen LogP contribution in [0.3, 0.4) is 0 Å². The van der Waals surface area contributed by atoms with Crippen molar-refractivity contribution in [1.82, 2.24) is 4.90 Å². The SMILES string of the molecule is CN(C)C(=O)c1ccc(N(C)C)c(S(N)(=O)=O)c1. The molecule has 100 valence electrons. The van der Waals surface area contributed by atoms with E-state index in [2.05, 4.69) is 0 Å². The first kappa shape index (κ1) is 14.5. The number of anilines is 1. The van der Waals surface area contributed by atoms with Gasteiger partial charge in [0.2, 0.25) is 10.0 Å². The number of amides is 1. The Labute approximate surface area is 107 Å². The van der Waals surface area contributed by atoms with Crippen LogP contribution < -0.4 is 10.0 Å². The number of benzene rings is 1. The van der Waals surface area contributed by atoms with E-state index in [0.29, 0.717) is 5.69 Å². The second-order valence-electron chi connectivity index (χ2n) is 4.32. The van der Waals surface area contributed by atoms with Crippen molar-refractivity contribution in [3.63, 3.8) is 0 Å². The molecule has 1 aromatic carbocycles. The third kappa shape index (κ3) is 2.99. The van der Waals surface area contributed by atoms with Gasteiger partial charge in [-0.3, -0.25) is 4.79 Å². The van der Waals surface area contributed by atoms with Crippen LogP contribution >= 0.6 is 0 Å². The Morgan fingerprint density at radius 1 is 1.17 bits per heavy atom. The lowest BCUT2D eigenvalue weighted by Crippen LogP contribution is -2.24. The lowest BCUT2D eigenvalue weighted by atomic mass is 10.2. The largest absolute Gasteiger partial charge is 0.377 e. The Balaban J connectivity index is 3.45. The molecule has 18 heavy (non-hydrogen) atoms. The molecule has 7 heteroatoms. The summed E-state index contributed by atoms with van der Waals surface area (Å²) < 4.78 is 23.1. The number of primary sulfonamides is 1. The fourth-order valence-corrected chi connectivity index (χ4v) is 2.34. The summed E-state index contributed by atoms with van der Waals surface area (Å²) in [6.07, 6.45) is 0. The molecule has 0 aliphatic heterocycles. The van der Waals surface area contributed by atoms with Gasteiger partial charge in [0.05, 0.1) is 5.69 Å². The van der Waals surface area contributed by atoms with Gasteiger partial charge in [0.1, 0.15) is 4.90 Å². The lowest BCUT2D eigenvalue weighted by Gasteiger charge is -2.18. The van der Waals surface area contributed by atoms with Gasteiger partial charge in [-0.1, -0.05) is 0 Å². The first-order valence-corrected chi connectivity index (χ1v) is 6.75. The standard InChI is InChI=1S/C11H17N3O3S/c1-13(2)9-6-5-8(11(15)14(3)4)7-10(9)18(12,16)17/h5-7H,1-4H3,(H2,12,16,17). The Kier molecular flexibility index (Phi) is 3.98. The van der Waals surface area contributed by atoms with Crippen LogP contribution in [0.1, 0.15) is 10.4 Å². The number of carbonyl (C=O) groups excluding carboxylic acids is 1. The van der Waals surface area contributed by atoms with E-state index in [9.17, 15) is 13.2 Å². The molecule has 1 rings (SSSR count). The van der Waals surface area contributed by atoms with Gasteiger partial charge >= 0.3 is 0 Å². The van der Waals surface area contributed by atoms with Gasteiger partial charge in [-0.15, -0.1) is 0 Å². The van der Waals surface area contributed by atoms with Crippen LogP contribution in [0.15, 0.2) is 23.1 Å². The first-order valence-electron chi connectivity index (χ1n) is 5.20. The van der Waals surface area contributed by atoms with Crippen LogP contribution in [0.25, 0.3) is 0 Å². The van der Waals surface area contributed by atoms with Gasteiger partial charge < -0.3 is 9.80 Å². The molecule has 0 fully saturated rings. The minimum atomic E-state index is -3.87. The zero-order valence-electron chi connectivity index (χ0n) is 10.8. The molecule has 0 spiro atoms. The van der Waals surface area contributed by atoms with Gasteiger partial charge in [0.15, 0.2) is 0 Å². The number of nitrogens with two attached hydrogens (primary N) is 1. The van der Waals surface area contributed by atoms with E-state index in [1.807, 2.05) is 0 Å². The molecular formula is C11H17N3O3S. The molecule has 6 nitrogen and oxygen atoms in total. The number of hydrogen-bond donors (Lipinski definition) is 1. The maximum Gasteiger partial charge on any atom is 0.253 e. The summed E-state index contributed by atoms with van der Waals surface area (Å²) in [4.78, 5) is 14.7. The third-order valence-corrected chi connectivity index (χ3v) is 3.34. The van der Waals surface area contributed by atoms with Crippen molar-refractivity contribution in [1.29, 1.82) is 0 Å². The molecule has 0 aromatic heterocycles. The van der Waals surface area contributed by atoms with E-state index in [1.54, 1.807) is 45.2 Å². The zero-order chi connectivity index (χ0) is 14.1. The van der Waals surface area contributed by atoms with Crippen molar-refractivity contribution < 1.29 is 13.2 Å². The Morgan fingerprint density at radius 3 is 2.11 bits per heavy atom. The van der Waals surface area contributed by atoms with E-state index in [0.717, 1.165) is 0 Å². The van der Waals surface area contributed by atoms with Crippen LogP contribution in [0.5, 0.6) is 0 Å². The van der Waals surface area contributed by atoms with Crippen molar-refractivity contribution in [2.45, 2.75) is 4.90 Å². The lowest BCUT2D eigenvalue weighted by molar-refractivity contribution is 0.0827. The molecule has 0 aliphatic carbocycles. The summed E-state index contributed by atoms with van der Waals surface area (Å²) in [6, 6.07) is 4.44. The Morgan fingerprint density at radius 2 is 1.72 bits per heavy atom. The summed E-state index contributed by atoms with van der Waals surface area (Å²) >= 11 is 0. The first-order chi connectivity index (χ1) is 8.14. The molecule has 1 amide bonds. The average molecular weight is 271 g/mol. The molecule has 0 radical (unpaired) electrons. The monoisotopic (exact) mass is 271 g/mol. The summed E-state index contributed by atoms with van der Waals surface area (Å²) in [7, 11) is 2.73. The topological polar surface area (TPSA) is 83.7 Å². The number of rotatable bonds is 3. The second kappa shape index (κ2) is 4.95. The molecule has 0 bridgehead atoms. The van der Waals surface area contributed by atoms with Gasteiger partial charge in [-0.25, -0.2) is 13.6 Å². The minimum Gasteiger partial charge on any atom is -0.377 e. The molecule has 2 N–H and O–H groups in total. The summed E-state index contributed by atoms with van der Waals surface area (Å²) in [5.41, 5.74) is 0.738. The van der Waals surface area contributed by atoms with E-state index < -0.39 is 10.0 Å². The maximum atomic E-state index is 11.8. The highest BCUT2D eigenvalue weighted by Crippen LogP contribution is 2.24. The van der Waals surface area contributed by atoms with E-state index in [4.69, 9.17) is 5.14 Å². The Bertz CT molecular complexity index is 565. The van der Waals surface area contributed by atoms with Crippen LogP contribution in [0.2, 0.25) is 0 Å². The number of carbonyl (C=O) groups is 1. The average Bonchev–Trinajstić information content (AvgIpc) is 2.25. The predicted molar refractivity (Wildman–Crippen MR) is 70.2 cm³/mol. The van der Waals surface area contributed by atoms with Crippen LogP contribution in [0, 0.1) is 0 Å². The smallest absolute Gasteiger partial charge is 0.253 e. The van der Waals surface area contributed by atoms with Gasteiger partial charge in [0, 0.05) is 33.8 Å². The zero-order valence-corrected chi connectivity index (χ0v) is 11.7. The Hall–Kier alpha value is -1.60. The molecule has 0 aliphatic rings. The van der Waals surface area contributed by atoms with Crippen molar-refractivity contribution in [2.24, 2.45) is 5.14 Å².